The molecule has 104 valence electrons. The summed E-state index contributed by atoms with van der Waals surface area (Å²) in [6.07, 6.45) is 0. The van der Waals surface area contributed by atoms with Crippen molar-refractivity contribution < 1.29 is 9.59 Å². The molecule has 0 aliphatic carbocycles. The molecule has 2 N–H and O–H groups in total. The first-order valence-electron chi connectivity index (χ1n) is 6.14. The van der Waals surface area contributed by atoms with E-state index in [0.717, 1.165) is 13.1 Å². The molecular weight excluding hydrogens is 266 g/mol. The maximum Gasteiger partial charge on any atom is 0.269 e. The van der Waals surface area contributed by atoms with Crippen LogP contribution in [0.3, 0.4) is 0 Å². The van der Waals surface area contributed by atoms with E-state index in [4.69, 9.17) is 11.6 Å². The van der Waals surface area contributed by atoms with Gasteiger partial charge in [-0.15, -0.1) is 0 Å². The number of hydrogen-bond acceptors (Lipinski definition) is 3. The minimum absolute atomic E-state index is 0.244. The van der Waals surface area contributed by atoms with Gasteiger partial charge in [0.25, 0.3) is 11.8 Å². The lowest BCUT2D eigenvalue weighted by Gasteiger charge is -2.17. The molecule has 2 amide bonds. The fraction of sp³-hybridized carbons (Fsp3) is 0.385. The van der Waals surface area contributed by atoms with Gasteiger partial charge in [-0.05, 0) is 37.4 Å². The smallest absolute Gasteiger partial charge is 0.269 e. The predicted octanol–water partition coefficient (Wildman–Crippen LogP) is 1.44. The summed E-state index contributed by atoms with van der Waals surface area (Å²) in [5, 5.41) is 0.558. The Hall–Kier alpha value is -1.59. The van der Waals surface area contributed by atoms with Gasteiger partial charge >= 0.3 is 0 Å². The second kappa shape index (κ2) is 7.76. The number of nitrogens with zero attached hydrogens (tertiary/aromatic N) is 1. The van der Waals surface area contributed by atoms with Crippen LogP contribution in [0.2, 0.25) is 5.02 Å². The molecule has 6 heteroatoms. The molecule has 19 heavy (non-hydrogen) atoms. The van der Waals surface area contributed by atoms with Crippen LogP contribution in [-0.2, 0) is 4.79 Å². The maximum absolute atomic E-state index is 11.7. The van der Waals surface area contributed by atoms with Crippen molar-refractivity contribution in [1.29, 1.82) is 0 Å². The number of carbonyl (C=O) groups excluding carboxylic acids is 2. The Balaban J connectivity index is 2.41. The van der Waals surface area contributed by atoms with E-state index in [1.807, 2.05) is 18.7 Å². The number of rotatable bonds is 5. The van der Waals surface area contributed by atoms with E-state index in [-0.39, 0.29) is 18.4 Å². The van der Waals surface area contributed by atoms with Crippen LogP contribution in [0.5, 0.6) is 0 Å². The quantitative estimate of drug-likeness (QED) is 0.804. The number of benzene rings is 1. The second-order valence-corrected chi connectivity index (χ2v) is 4.41. The summed E-state index contributed by atoms with van der Waals surface area (Å²) < 4.78 is 0. The molecule has 1 aromatic rings. The van der Waals surface area contributed by atoms with Crippen LogP contribution in [0.15, 0.2) is 24.3 Å². The van der Waals surface area contributed by atoms with Gasteiger partial charge in [0.05, 0.1) is 6.54 Å². The van der Waals surface area contributed by atoms with Crippen LogP contribution >= 0.6 is 11.6 Å². The highest BCUT2D eigenvalue weighted by Gasteiger charge is 2.09. The van der Waals surface area contributed by atoms with Gasteiger partial charge in [-0.1, -0.05) is 25.4 Å². The first-order chi connectivity index (χ1) is 9.06. The van der Waals surface area contributed by atoms with Gasteiger partial charge in [0.15, 0.2) is 0 Å². The monoisotopic (exact) mass is 283 g/mol. The summed E-state index contributed by atoms with van der Waals surface area (Å²) in [5.74, 6) is -0.615. The Morgan fingerprint density at radius 1 is 1.11 bits per heavy atom. The molecule has 0 fully saturated rings. The van der Waals surface area contributed by atoms with Crippen molar-refractivity contribution >= 4 is 23.4 Å². The Morgan fingerprint density at radius 2 is 1.68 bits per heavy atom. The summed E-state index contributed by atoms with van der Waals surface area (Å²) in [6.45, 7) is 5.78. The van der Waals surface area contributed by atoms with Crippen molar-refractivity contribution in [2.45, 2.75) is 13.8 Å². The van der Waals surface area contributed by atoms with Crippen LogP contribution in [0.1, 0.15) is 24.2 Å². The minimum Gasteiger partial charge on any atom is -0.295 e. The SMILES string of the molecule is CCN(CC)CC(=O)NNC(=O)c1ccc(Cl)cc1. The maximum atomic E-state index is 11.7. The van der Waals surface area contributed by atoms with E-state index in [2.05, 4.69) is 10.9 Å². The molecule has 0 heterocycles. The summed E-state index contributed by atoms with van der Waals surface area (Å²) >= 11 is 5.73. The average Bonchev–Trinajstić information content (AvgIpc) is 2.43. The van der Waals surface area contributed by atoms with Crippen LogP contribution in [0, 0.1) is 0 Å². The van der Waals surface area contributed by atoms with Gasteiger partial charge in [-0.25, -0.2) is 0 Å². The van der Waals surface area contributed by atoms with Crippen LogP contribution in [0.4, 0.5) is 0 Å². The first-order valence-corrected chi connectivity index (χ1v) is 6.51. The lowest BCUT2D eigenvalue weighted by Crippen LogP contribution is -2.46. The van der Waals surface area contributed by atoms with Crippen molar-refractivity contribution in [2.75, 3.05) is 19.6 Å². The second-order valence-electron chi connectivity index (χ2n) is 3.97. The number of halogens is 1. The van der Waals surface area contributed by atoms with Crippen molar-refractivity contribution in [3.05, 3.63) is 34.9 Å². The molecule has 0 bridgehead atoms. The van der Waals surface area contributed by atoms with Crippen molar-refractivity contribution in [3.63, 3.8) is 0 Å². The van der Waals surface area contributed by atoms with Gasteiger partial charge in [0.1, 0.15) is 0 Å². The number of amides is 2. The van der Waals surface area contributed by atoms with Crippen molar-refractivity contribution in [2.24, 2.45) is 0 Å². The highest BCUT2D eigenvalue weighted by molar-refractivity contribution is 6.30. The third-order valence-corrected chi connectivity index (χ3v) is 2.94. The van der Waals surface area contributed by atoms with E-state index < -0.39 is 0 Å². The summed E-state index contributed by atoms with van der Waals surface area (Å²) in [4.78, 5) is 25.2. The molecule has 0 aromatic heterocycles. The fourth-order valence-corrected chi connectivity index (χ4v) is 1.62. The fourth-order valence-electron chi connectivity index (χ4n) is 1.49. The standard InChI is InChI=1S/C13H18ClN3O2/c1-3-17(4-2)9-12(18)15-16-13(19)10-5-7-11(14)8-6-10/h5-8H,3-4,9H2,1-2H3,(H,15,18)(H,16,19). The van der Waals surface area contributed by atoms with Crippen LogP contribution in [-0.4, -0.2) is 36.3 Å². The highest BCUT2D eigenvalue weighted by atomic mass is 35.5. The molecule has 1 aromatic carbocycles. The molecule has 0 aliphatic heterocycles. The Labute approximate surface area is 117 Å². The third kappa shape index (κ3) is 5.28. The van der Waals surface area contributed by atoms with Gasteiger partial charge in [0, 0.05) is 10.6 Å². The van der Waals surface area contributed by atoms with Gasteiger partial charge in [0.2, 0.25) is 0 Å². The number of hydrazine groups is 1. The van der Waals surface area contributed by atoms with Crippen molar-refractivity contribution in [3.8, 4) is 0 Å². The normalized spacial score (nSPS) is 10.3. The zero-order chi connectivity index (χ0) is 14.3. The summed E-state index contributed by atoms with van der Waals surface area (Å²) in [7, 11) is 0. The van der Waals surface area contributed by atoms with Gasteiger partial charge in [-0.2, -0.15) is 0 Å². The van der Waals surface area contributed by atoms with E-state index in [9.17, 15) is 9.59 Å². The van der Waals surface area contributed by atoms with Crippen LogP contribution < -0.4 is 10.9 Å². The number of likely N-dealkylation sites (N-methyl/N-ethyl adjacent to an activating group) is 1. The molecule has 0 spiro atoms. The van der Waals surface area contributed by atoms with E-state index >= 15 is 0 Å². The number of carbonyl (C=O) groups is 2. The Kier molecular flexibility index (Phi) is 6.32. The molecule has 0 unspecified atom stereocenters. The van der Waals surface area contributed by atoms with Crippen molar-refractivity contribution in [1.82, 2.24) is 15.8 Å². The van der Waals surface area contributed by atoms with Gasteiger partial charge < -0.3 is 0 Å². The topological polar surface area (TPSA) is 61.4 Å². The number of nitrogens with one attached hydrogen (secondary N) is 2. The molecular formula is C13H18ClN3O2. The minimum atomic E-state index is -0.371. The molecule has 0 radical (unpaired) electrons. The molecule has 0 aliphatic rings. The lowest BCUT2D eigenvalue weighted by molar-refractivity contribution is -0.122. The zero-order valence-electron chi connectivity index (χ0n) is 11.1. The molecule has 0 saturated heterocycles. The van der Waals surface area contributed by atoms with E-state index in [0.29, 0.717) is 10.6 Å². The number of hydrogen-bond donors (Lipinski definition) is 2. The zero-order valence-corrected chi connectivity index (χ0v) is 11.8. The van der Waals surface area contributed by atoms with E-state index in [1.54, 1.807) is 24.3 Å². The lowest BCUT2D eigenvalue weighted by atomic mass is 10.2. The molecule has 5 nitrogen and oxygen atoms in total. The van der Waals surface area contributed by atoms with Gasteiger partial charge in [-0.3, -0.25) is 25.3 Å². The van der Waals surface area contributed by atoms with Crippen LogP contribution in [0.25, 0.3) is 0 Å². The Morgan fingerprint density at radius 3 is 2.21 bits per heavy atom. The highest BCUT2D eigenvalue weighted by Crippen LogP contribution is 2.08. The Bertz CT molecular complexity index is 430. The molecule has 1 rings (SSSR count). The molecule has 0 atom stereocenters. The average molecular weight is 284 g/mol. The molecule has 0 saturated carbocycles. The third-order valence-electron chi connectivity index (χ3n) is 2.68. The summed E-state index contributed by atoms with van der Waals surface area (Å²) in [5.41, 5.74) is 5.18. The first kappa shape index (κ1) is 15.5. The predicted molar refractivity (Wildman–Crippen MR) is 74.8 cm³/mol. The largest absolute Gasteiger partial charge is 0.295 e. The van der Waals surface area contributed by atoms with E-state index in [1.165, 1.54) is 0 Å². The summed E-state index contributed by atoms with van der Waals surface area (Å²) in [6, 6.07) is 6.42.